The van der Waals surface area contributed by atoms with Crippen LogP contribution in [0.25, 0.3) is 0 Å². The van der Waals surface area contributed by atoms with Crippen molar-refractivity contribution in [3.8, 4) is 0 Å². The fourth-order valence-corrected chi connectivity index (χ4v) is 3.51. The van der Waals surface area contributed by atoms with Crippen LogP contribution < -0.4 is 0 Å². The summed E-state index contributed by atoms with van der Waals surface area (Å²) in [7, 11) is 0. The minimum Gasteiger partial charge on any atom is -0.479 e. The second-order valence-corrected chi connectivity index (χ2v) is 6.80. The summed E-state index contributed by atoms with van der Waals surface area (Å²) in [6.07, 6.45) is -1.29. The van der Waals surface area contributed by atoms with Crippen molar-refractivity contribution in [1.82, 2.24) is 4.90 Å². The second kappa shape index (κ2) is 7.55. The zero-order valence-corrected chi connectivity index (χ0v) is 14.1. The van der Waals surface area contributed by atoms with Gasteiger partial charge in [0.05, 0.1) is 23.4 Å². The van der Waals surface area contributed by atoms with E-state index in [1.807, 2.05) is 0 Å². The number of rotatable bonds is 4. The maximum atomic E-state index is 12.3. The van der Waals surface area contributed by atoms with Gasteiger partial charge in [0.1, 0.15) is 0 Å². The molecule has 5 nitrogen and oxygen atoms in total. The Bertz CT molecular complexity index is 584. The highest BCUT2D eigenvalue weighted by Gasteiger charge is 2.32. The summed E-state index contributed by atoms with van der Waals surface area (Å²) in [5.74, 6) is -1.05. The molecular formula is C14H15Cl2NO4S. The molecule has 1 fully saturated rings. The van der Waals surface area contributed by atoms with E-state index in [4.69, 9.17) is 33.0 Å². The number of amides is 1. The predicted molar refractivity (Wildman–Crippen MR) is 85.7 cm³/mol. The number of nitrogens with zero attached hydrogens (tertiary/aromatic N) is 1. The van der Waals surface area contributed by atoms with Crippen molar-refractivity contribution in [2.75, 3.05) is 18.8 Å². The Morgan fingerprint density at radius 2 is 2.14 bits per heavy atom. The van der Waals surface area contributed by atoms with Gasteiger partial charge in [0, 0.05) is 16.5 Å². The minimum absolute atomic E-state index is 0.0579. The fraction of sp³-hybridized carbons (Fsp3) is 0.429. The van der Waals surface area contributed by atoms with Crippen LogP contribution in [-0.4, -0.2) is 52.9 Å². The summed E-state index contributed by atoms with van der Waals surface area (Å²) in [5.41, 5.74) is 0. The van der Waals surface area contributed by atoms with Gasteiger partial charge in [-0.3, -0.25) is 4.79 Å². The topological polar surface area (TPSA) is 66.8 Å². The lowest BCUT2D eigenvalue weighted by atomic mass is 10.2. The largest absolute Gasteiger partial charge is 0.479 e. The molecule has 0 saturated carbocycles. The molecule has 1 unspecified atom stereocenters. The van der Waals surface area contributed by atoms with Crippen LogP contribution in [0.1, 0.15) is 6.92 Å². The number of carbonyl (C=O) groups is 2. The van der Waals surface area contributed by atoms with Gasteiger partial charge in [0.25, 0.3) is 0 Å². The molecular weight excluding hydrogens is 349 g/mol. The number of thioether (sulfide) groups is 1. The van der Waals surface area contributed by atoms with Crippen LogP contribution in [-0.2, 0) is 14.3 Å². The third kappa shape index (κ3) is 4.52. The number of morpholine rings is 1. The normalized spacial score (nSPS) is 21.7. The first-order valence-corrected chi connectivity index (χ1v) is 8.35. The third-order valence-corrected chi connectivity index (χ3v) is 4.85. The zero-order chi connectivity index (χ0) is 16.3. The molecule has 2 atom stereocenters. The Kier molecular flexibility index (Phi) is 5.97. The summed E-state index contributed by atoms with van der Waals surface area (Å²) in [5, 5.41) is 10.1. The lowest BCUT2D eigenvalue weighted by Crippen LogP contribution is -2.52. The van der Waals surface area contributed by atoms with E-state index in [0.717, 1.165) is 4.90 Å². The summed E-state index contributed by atoms with van der Waals surface area (Å²) in [6.45, 7) is 2.19. The molecule has 1 aromatic carbocycles. The van der Waals surface area contributed by atoms with Gasteiger partial charge in [0.15, 0.2) is 6.10 Å². The van der Waals surface area contributed by atoms with Crippen molar-refractivity contribution >= 4 is 46.8 Å². The van der Waals surface area contributed by atoms with E-state index >= 15 is 0 Å². The van der Waals surface area contributed by atoms with Crippen molar-refractivity contribution in [2.24, 2.45) is 0 Å². The number of benzene rings is 1. The average molecular weight is 364 g/mol. The Labute approximate surface area is 142 Å². The van der Waals surface area contributed by atoms with Crippen molar-refractivity contribution in [1.29, 1.82) is 0 Å². The smallest absolute Gasteiger partial charge is 0.334 e. The molecule has 0 radical (unpaired) electrons. The summed E-state index contributed by atoms with van der Waals surface area (Å²) < 4.78 is 5.29. The molecule has 120 valence electrons. The molecule has 1 aliphatic rings. The molecule has 0 spiro atoms. The molecule has 0 aliphatic carbocycles. The van der Waals surface area contributed by atoms with Gasteiger partial charge >= 0.3 is 5.97 Å². The summed E-state index contributed by atoms with van der Waals surface area (Å²) in [4.78, 5) is 25.5. The molecule has 1 heterocycles. The van der Waals surface area contributed by atoms with Gasteiger partial charge in [-0.05, 0) is 25.1 Å². The van der Waals surface area contributed by atoms with E-state index in [0.29, 0.717) is 16.6 Å². The van der Waals surface area contributed by atoms with Crippen LogP contribution in [0.15, 0.2) is 23.1 Å². The first kappa shape index (κ1) is 17.4. The Morgan fingerprint density at radius 1 is 1.41 bits per heavy atom. The van der Waals surface area contributed by atoms with Gasteiger partial charge in [-0.2, -0.15) is 0 Å². The molecule has 22 heavy (non-hydrogen) atoms. The van der Waals surface area contributed by atoms with Crippen LogP contribution in [0.2, 0.25) is 10.0 Å². The van der Waals surface area contributed by atoms with Gasteiger partial charge in [-0.1, -0.05) is 23.2 Å². The number of halogens is 2. The number of carbonyl (C=O) groups excluding carboxylic acids is 1. The van der Waals surface area contributed by atoms with Crippen LogP contribution in [0, 0.1) is 0 Å². The maximum absolute atomic E-state index is 12.3. The summed E-state index contributed by atoms with van der Waals surface area (Å²) in [6, 6.07) is 5.05. The monoisotopic (exact) mass is 363 g/mol. The highest BCUT2D eigenvalue weighted by molar-refractivity contribution is 8.00. The Morgan fingerprint density at radius 3 is 2.82 bits per heavy atom. The van der Waals surface area contributed by atoms with E-state index in [-0.39, 0.29) is 24.3 Å². The second-order valence-electron chi connectivity index (χ2n) is 4.94. The highest BCUT2D eigenvalue weighted by atomic mass is 35.5. The predicted octanol–water partition coefficient (Wildman–Crippen LogP) is 2.79. The minimum atomic E-state index is -1.06. The molecule has 2 rings (SSSR count). The average Bonchev–Trinajstić information content (AvgIpc) is 2.47. The van der Waals surface area contributed by atoms with Gasteiger partial charge in [-0.15, -0.1) is 11.8 Å². The van der Waals surface area contributed by atoms with Crippen LogP contribution in [0.5, 0.6) is 0 Å². The van der Waals surface area contributed by atoms with E-state index in [1.165, 1.54) is 16.7 Å². The van der Waals surface area contributed by atoms with E-state index in [9.17, 15) is 9.59 Å². The quantitative estimate of drug-likeness (QED) is 0.833. The molecule has 1 aliphatic heterocycles. The van der Waals surface area contributed by atoms with Crippen molar-refractivity contribution in [2.45, 2.75) is 24.0 Å². The molecule has 0 bridgehead atoms. The first-order chi connectivity index (χ1) is 10.4. The number of ether oxygens (including phenoxy) is 1. The maximum Gasteiger partial charge on any atom is 0.334 e. The molecule has 1 N–H and O–H groups in total. The number of hydrogen-bond donors (Lipinski definition) is 1. The van der Waals surface area contributed by atoms with E-state index in [1.54, 1.807) is 25.1 Å². The molecule has 1 amide bonds. The molecule has 1 aromatic rings. The number of carboxylic acid groups (broad SMARTS) is 1. The number of hydrogen-bond acceptors (Lipinski definition) is 4. The highest BCUT2D eigenvalue weighted by Crippen LogP contribution is 2.30. The lowest BCUT2D eigenvalue weighted by Gasteiger charge is -2.34. The van der Waals surface area contributed by atoms with Gasteiger partial charge < -0.3 is 14.7 Å². The zero-order valence-electron chi connectivity index (χ0n) is 11.8. The fourth-order valence-electron chi connectivity index (χ4n) is 2.11. The van der Waals surface area contributed by atoms with Crippen LogP contribution in [0.3, 0.4) is 0 Å². The molecule has 0 aromatic heterocycles. The SMILES string of the molecule is C[C@@H]1CN(C(=O)CSc2cc(Cl)ccc2Cl)CC(C(=O)O)O1. The van der Waals surface area contributed by atoms with Gasteiger partial charge in [0.2, 0.25) is 5.91 Å². The summed E-state index contributed by atoms with van der Waals surface area (Å²) >= 11 is 13.2. The lowest BCUT2D eigenvalue weighted by molar-refractivity contribution is -0.165. The van der Waals surface area contributed by atoms with Crippen molar-refractivity contribution in [3.63, 3.8) is 0 Å². The molecule has 1 saturated heterocycles. The number of aliphatic carboxylic acids is 1. The van der Waals surface area contributed by atoms with Crippen molar-refractivity contribution in [3.05, 3.63) is 28.2 Å². The third-order valence-electron chi connectivity index (χ3n) is 3.13. The van der Waals surface area contributed by atoms with E-state index in [2.05, 4.69) is 0 Å². The Hall–Kier alpha value is -0.950. The molecule has 8 heteroatoms. The first-order valence-electron chi connectivity index (χ1n) is 6.60. The van der Waals surface area contributed by atoms with Crippen LogP contribution >= 0.6 is 35.0 Å². The standard InChI is InChI=1S/C14H15Cl2NO4S/c1-8-5-17(6-11(21-8)14(19)20)13(18)7-22-12-4-9(15)2-3-10(12)16/h2-4,8,11H,5-7H2,1H3,(H,19,20)/t8-,11?/m1/s1. The number of carboxylic acids is 1. The van der Waals surface area contributed by atoms with Crippen LogP contribution in [0.4, 0.5) is 0 Å². The Balaban J connectivity index is 1.96. The van der Waals surface area contributed by atoms with Gasteiger partial charge in [-0.25, -0.2) is 4.79 Å². The van der Waals surface area contributed by atoms with Crippen molar-refractivity contribution < 1.29 is 19.4 Å². The van der Waals surface area contributed by atoms with E-state index < -0.39 is 12.1 Å².